The first kappa shape index (κ1) is 22.5. The van der Waals surface area contributed by atoms with Gasteiger partial charge in [0, 0.05) is 12.2 Å². The van der Waals surface area contributed by atoms with Gasteiger partial charge in [-0.15, -0.1) is 0 Å². The van der Waals surface area contributed by atoms with Gasteiger partial charge in [-0.25, -0.2) is 4.79 Å². The number of benzene rings is 2. The molecule has 0 aromatic heterocycles. The predicted octanol–water partition coefficient (Wildman–Crippen LogP) is 5.91. The molecule has 1 unspecified atom stereocenters. The van der Waals surface area contributed by atoms with E-state index in [1.165, 1.54) is 11.4 Å². The molecule has 2 aromatic carbocycles. The Balaban J connectivity index is 1.95. The Labute approximate surface area is 175 Å². The highest BCUT2D eigenvalue weighted by molar-refractivity contribution is 8.75. The number of hydrogen-bond acceptors (Lipinski definition) is 6. The van der Waals surface area contributed by atoms with Gasteiger partial charge in [0.1, 0.15) is 17.4 Å². The molecule has 0 radical (unpaired) electrons. The fraction of sp³-hybridized carbons (Fsp3) is 0.300. The summed E-state index contributed by atoms with van der Waals surface area (Å²) in [7, 11) is 0. The van der Waals surface area contributed by atoms with Crippen LogP contribution in [0.4, 0.5) is 4.79 Å². The summed E-state index contributed by atoms with van der Waals surface area (Å²) in [6.07, 6.45) is 0.0798. The zero-order valence-electron chi connectivity index (χ0n) is 16.2. The molecule has 2 rings (SSSR count). The number of ether oxygens (including phenoxy) is 1. The van der Waals surface area contributed by atoms with Crippen molar-refractivity contribution in [2.24, 2.45) is 0 Å². The molecule has 1 atom stereocenters. The van der Waals surface area contributed by atoms with E-state index in [-0.39, 0.29) is 17.7 Å². The molecule has 8 heteroatoms. The average Bonchev–Trinajstić information content (AvgIpc) is 2.67. The van der Waals surface area contributed by atoms with Crippen LogP contribution in [0.3, 0.4) is 0 Å². The van der Waals surface area contributed by atoms with Crippen molar-refractivity contribution in [2.45, 2.75) is 26.8 Å². The molecular formula is C20H25N2O3PS2. The minimum absolute atomic E-state index is 0.0160. The molecule has 0 spiro atoms. The lowest BCUT2D eigenvalue weighted by atomic mass is 10.1. The van der Waals surface area contributed by atoms with E-state index in [4.69, 9.17) is 26.5 Å². The highest BCUT2D eigenvalue weighted by Crippen LogP contribution is 2.59. The van der Waals surface area contributed by atoms with Crippen molar-refractivity contribution in [3.8, 4) is 16.9 Å². The van der Waals surface area contributed by atoms with Crippen LogP contribution in [0, 0.1) is 5.41 Å². The van der Waals surface area contributed by atoms with E-state index in [0.29, 0.717) is 11.9 Å². The second-order valence-corrected chi connectivity index (χ2v) is 13.8. The fourth-order valence-corrected chi connectivity index (χ4v) is 6.43. The van der Waals surface area contributed by atoms with Crippen molar-refractivity contribution in [3.63, 3.8) is 0 Å². The van der Waals surface area contributed by atoms with Gasteiger partial charge in [-0.1, -0.05) is 49.4 Å². The molecule has 5 nitrogen and oxygen atoms in total. The lowest BCUT2D eigenvalue weighted by Gasteiger charge is -2.21. The maximum Gasteiger partial charge on any atom is 0.407 e. The van der Waals surface area contributed by atoms with Gasteiger partial charge in [-0.2, -0.15) is 0 Å². The van der Waals surface area contributed by atoms with Crippen molar-refractivity contribution in [1.82, 2.24) is 5.32 Å². The second-order valence-electron chi connectivity index (χ2n) is 6.30. The Hall–Kier alpha value is -1.82. The van der Waals surface area contributed by atoms with Crippen LogP contribution in [0.15, 0.2) is 54.6 Å². The smallest absolute Gasteiger partial charge is 0.407 e. The maximum atomic E-state index is 11.5. The van der Waals surface area contributed by atoms with Gasteiger partial charge in [0.25, 0.3) is 0 Å². The lowest BCUT2D eigenvalue weighted by Crippen LogP contribution is -2.31. The third-order valence-electron chi connectivity index (χ3n) is 3.58. The summed E-state index contributed by atoms with van der Waals surface area (Å²) in [4.78, 5) is 11.5. The molecule has 0 aliphatic rings. The van der Waals surface area contributed by atoms with Gasteiger partial charge >= 0.3 is 6.09 Å². The quantitative estimate of drug-likeness (QED) is 0.306. The molecule has 2 N–H and O–H groups in total. The SMILES string of the molecule is CCP(=S)(Oc1ccc(-c2ccccc2)cc1)SC(=N)COC(=O)NC(C)C. The van der Waals surface area contributed by atoms with E-state index in [1.54, 1.807) is 0 Å². The Bertz CT molecular complexity index is 842. The summed E-state index contributed by atoms with van der Waals surface area (Å²) in [6.45, 7) is 5.52. The summed E-state index contributed by atoms with van der Waals surface area (Å²) in [5.74, 6) is 0.684. The van der Waals surface area contributed by atoms with E-state index >= 15 is 0 Å². The lowest BCUT2D eigenvalue weighted by molar-refractivity contribution is 0.159. The van der Waals surface area contributed by atoms with Crippen LogP contribution in [0.2, 0.25) is 0 Å². The first-order chi connectivity index (χ1) is 13.3. The molecule has 28 heavy (non-hydrogen) atoms. The number of hydrogen-bond donors (Lipinski definition) is 2. The highest BCUT2D eigenvalue weighted by atomic mass is 32.9. The first-order valence-electron chi connectivity index (χ1n) is 8.96. The summed E-state index contributed by atoms with van der Waals surface area (Å²) in [5, 5.41) is 10.9. The number of alkyl carbamates (subject to hydrolysis) is 1. The minimum Gasteiger partial charge on any atom is -0.457 e. The number of amides is 1. The Morgan fingerprint density at radius 1 is 1.14 bits per heavy atom. The zero-order valence-corrected chi connectivity index (χ0v) is 18.7. The van der Waals surface area contributed by atoms with E-state index in [0.717, 1.165) is 11.1 Å². The normalized spacial score (nSPS) is 12.9. The predicted molar refractivity (Wildman–Crippen MR) is 122 cm³/mol. The molecule has 2 aromatic rings. The highest BCUT2D eigenvalue weighted by Gasteiger charge is 2.22. The second kappa shape index (κ2) is 10.6. The Kier molecular flexibility index (Phi) is 8.55. The average molecular weight is 437 g/mol. The summed E-state index contributed by atoms with van der Waals surface area (Å²) >= 11 is 6.88. The molecule has 0 bridgehead atoms. The molecule has 150 valence electrons. The van der Waals surface area contributed by atoms with E-state index in [9.17, 15) is 4.79 Å². The third kappa shape index (κ3) is 7.30. The summed E-state index contributed by atoms with van der Waals surface area (Å²) in [6, 6.07) is 17.9. The van der Waals surface area contributed by atoms with Crippen molar-refractivity contribution in [1.29, 1.82) is 5.41 Å². The van der Waals surface area contributed by atoms with E-state index in [1.807, 2.05) is 63.2 Å². The molecule has 1 amide bonds. The van der Waals surface area contributed by atoms with Crippen LogP contribution in [-0.4, -0.2) is 29.9 Å². The molecule has 0 fully saturated rings. The minimum atomic E-state index is -2.34. The zero-order chi connectivity index (χ0) is 20.6. The van der Waals surface area contributed by atoms with E-state index in [2.05, 4.69) is 17.4 Å². The monoisotopic (exact) mass is 436 g/mol. The van der Waals surface area contributed by atoms with E-state index < -0.39 is 11.6 Å². The summed E-state index contributed by atoms with van der Waals surface area (Å²) < 4.78 is 11.1. The summed E-state index contributed by atoms with van der Waals surface area (Å²) in [5.41, 5.74) is -0.103. The standard InChI is InChI=1S/C20H25N2O3PS2/c1-4-26(27,28-19(21)14-24-20(23)22-15(2)3)25-18-12-10-17(11-13-18)16-8-6-5-7-9-16/h5-13,15,21H,4,14H2,1-3H3,(H,22,23). The van der Waals surface area contributed by atoms with Gasteiger partial charge in [0.15, 0.2) is 5.47 Å². The number of rotatable bonds is 8. The Morgan fingerprint density at radius 2 is 1.75 bits per heavy atom. The first-order valence-corrected chi connectivity index (χ1v) is 13.3. The Morgan fingerprint density at radius 3 is 2.32 bits per heavy atom. The molecule has 0 saturated carbocycles. The number of carbonyl (C=O) groups is 1. The number of nitrogens with one attached hydrogen (secondary N) is 2. The fourth-order valence-electron chi connectivity index (χ4n) is 2.25. The molecule has 0 aliphatic carbocycles. The van der Waals surface area contributed by atoms with Crippen molar-refractivity contribution in [3.05, 3.63) is 54.6 Å². The van der Waals surface area contributed by atoms with Crippen LogP contribution >= 0.6 is 16.8 Å². The van der Waals surface area contributed by atoms with Crippen molar-refractivity contribution >= 4 is 39.8 Å². The van der Waals surface area contributed by atoms with Gasteiger partial charge in [0.05, 0.1) is 0 Å². The van der Waals surface area contributed by atoms with Crippen molar-refractivity contribution < 1.29 is 14.1 Å². The molecule has 0 aliphatic heterocycles. The molecule has 0 saturated heterocycles. The van der Waals surface area contributed by atoms with Gasteiger partial charge in [-0.05, 0) is 60.3 Å². The van der Waals surface area contributed by atoms with Crippen LogP contribution in [-0.2, 0) is 16.5 Å². The van der Waals surface area contributed by atoms with Crippen LogP contribution in [0.5, 0.6) is 5.75 Å². The van der Waals surface area contributed by atoms with Crippen LogP contribution in [0.1, 0.15) is 20.8 Å². The van der Waals surface area contributed by atoms with Crippen LogP contribution in [0.25, 0.3) is 11.1 Å². The van der Waals surface area contributed by atoms with Crippen molar-refractivity contribution in [2.75, 3.05) is 12.8 Å². The maximum absolute atomic E-state index is 11.5. The van der Waals surface area contributed by atoms with Gasteiger partial charge in [0.2, 0.25) is 0 Å². The van der Waals surface area contributed by atoms with Gasteiger partial charge in [-0.3, -0.25) is 5.41 Å². The molecule has 0 heterocycles. The van der Waals surface area contributed by atoms with Crippen LogP contribution < -0.4 is 9.84 Å². The largest absolute Gasteiger partial charge is 0.457 e. The van der Waals surface area contributed by atoms with Gasteiger partial charge < -0.3 is 14.6 Å². The number of carbonyl (C=O) groups excluding carboxylic acids is 1. The molecular weight excluding hydrogens is 411 g/mol. The topological polar surface area (TPSA) is 71.4 Å². The third-order valence-corrected chi connectivity index (χ3v) is 9.63.